The molecule has 0 spiro atoms. The lowest BCUT2D eigenvalue weighted by Gasteiger charge is -2.16. The normalized spacial score (nSPS) is 12.2. The SMILES string of the molecule is CC(C)(C)Cc1ncnc2[nH]cnc12. The molecule has 1 N–H and O–H groups in total. The summed E-state index contributed by atoms with van der Waals surface area (Å²) < 4.78 is 0. The zero-order valence-electron chi connectivity index (χ0n) is 8.70. The number of aromatic amines is 1. The average molecular weight is 190 g/mol. The zero-order valence-corrected chi connectivity index (χ0v) is 8.70. The zero-order chi connectivity index (χ0) is 10.2. The van der Waals surface area contributed by atoms with E-state index in [1.807, 2.05) is 0 Å². The molecule has 14 heavy (non-hydrogen) atoms. The first-order valence-electron chi connectivity index (χ1n) is 4.69. The highest BCUT2D eigenvalue weighted by Crippen LogP contribution is 2.22. The quantitative estimate of drug-likeness (QED) is 0.747. The summed E-state index contributed by atoms with van der Waals surface area (Å²) in [6, 6.07) is 0. The summed E-state index contributed by atoms with van der Waals surface area (Å²) in [5, 5.41) is 0. The van der Waals surface area contributed by atoms with E-state index in [4.69, 9.17) is 0 Å². The first kappa shape index (κ1) is 9.12. The average Bonchev–Trinajstić information content (AvgIpc) is 2.49. The maximum atomic E-state index is 4.27. The summed E-state index contributed by atoms with van der Waals surface area (Å²) >= 11 is 0. The summed E-state index contributed by atoms with van der Waals surface area (Å²) in [5.41, 5.74) is 2.95. The first-order chi connectivity index (χ1) is 6.56. The Morgan fingerprint density at radius 1 is 1.21 bits per heavy atom. The van der Waals surface area contributed by atoms with Crippen molar-refractivity contribution in [3.63, 3.8) is 0 Å². The van der Waals surface area contributed by atoms with Crippen LogP contribution in [0.1, 0.15) is 26.5 Å². The van der Waals surface area contributed by atoms with E-state index >= 15 is 0 Å². The van der Waals surface area contributed by atoms with Gasteiger partial charge >= 0.3 is 0 Å². The number of H-pyrrole nitrogens is 1. The van der Waals surface area contributed by atoms with Crippen molar-refractivity contribution in [1.82, 2.24) is 19.9 Å². The Morgan fingerprint density at radius 2 is 2.00 bits per heavy atom. The van der Waals surface area contributed by atoms with Crippen LogP contribution in [0.2, 0.25) is 0 Å². The minimum atomic E-state index is 0.222. The highest BCUT2D eigenvalue weighted by molar-refractivity contribution is 5.72. The predicted octanol–water partition coefficient (Wildman–Crippen LogP) is 1.94. The molecule has 2 aromatic heterocycles. The minimum absolute atomic E-state index is 0.222. The van der Waals surface area contributed by atoms with Gasteiger partial charge in [-0.1, -0.05) is 20.8 Å². The Hall–Kier alpha value is -1.45. The molecule has 4 heteroatoms. The van der Waals surface area contributed by atoms with Crippen molar-refractivity contribution in [2.45, 2.75) is 27.2 Å². The molecule has 0 fully saturated rings. The second-order valence-electron chi connectivity index (χ2n) is 4.66. The molecule has 4 nitrogen and oxygen atoms in total. The molecule has 2 rings (SSSR count). The van der Waals surface area contributed by atoms with Gasteiger partial charge in [-0.2, -0.15) is 0 Å². The molecule has 0 saturated heterocycles. The summed E-state index contributed by atoms with van der Waals surface area (Å²) in [5.74, 6) is 0. The smallest absolute Gasteiger partial charge is 0.160 e. The number of hydrogen-bond acceptors (Lipinski definition) is 3. The van der Waals surface area contributed by atoms with Gasteiger partial charge in [0.1, 0.15) is 11.8 Å². The van der Waals surface area contributed by atoms with Gasteiger partial charge < -0.3 is 4.98 Å². The predicted molar refractivity (Wildman–Crippen MR) is 54.8 cm³/mol. The number of imidazole rings is 1. The van der Waals surface area contributed by atoms with Crippen molar-refractivity contribution in [3.05, 3.63) is 18.3 Å². The molecular formula is C10H14N4. The van der Waals surface area contributed by atoms with E-state index in [-0.39, 0.29) is 5.41 Å². The van der Waals surface area contributed by atoms with Crippen LogP contribution in [0.4, 0.5) is 0 Å². The number of nitrogens with zero attached hydrogens (tertiary/aromatic N) is 3. The molecule has 0 bridgehead atoms. The molecule has 2 aromatic rings. The molecule has 0 aliphatic rings. The van der Waals surface area contributed by atoms with E-state index in [1.165, 1.54) is 0 Å². The lowest BCUT2D eigenvalue weighted by Crippen LogP contribution is -2.11. The van der Waals surface area contributed by atoms with Gasteiger partial charge in [0.25, 0.3) is 0 Å². The molecule has 0 amide bonds. The fraction of sp³-hybridized carbons (Fsp3) is 0.500. The van der Waals surface area contributed by atoms with Gasteiger partial charge in [0, 0.05) is 0 Å². The summed E-state index contributed by atoms with van der Waals surface area (Å²) in [6.07, 6.45) is 4.16. The van der Waals surface area contributed by atoms with Crippen LogP contribution in [0.25, 0.3) is 11.2 Å². The van der Waals surface area contributed by atoms with Gasteiger partial charge in [0.2, 0.25) is 0 Å². The van der Waals surface area contributed by atoms with E-state index in [2.05, 4.69) is 40.7 Å². The maximum Gasteiger partial charge on any atom is 0.160 e. The Morgan fingerprint density at radius 3 is 2.71 bits per heavy atom. The standard InChI is InChI=1S/C10H14N4/c1-10(2,3)4-7-8-9(13-5-11-7)14-6-12-8/h5-6H,4H2,1-3H3,(H,11,12,13,14). The molecule has 0 saturated carbocycles. The highest BCUT2D eigenvalue weighted by atomic mass is 15.0. The van der Waals surface area contributed by atoms with Gasteiger partial charge in [-0.15, -0.1) is 0 Å². The first-order valence-corrected chi connectivity index (χ1v) is 4.69. The number of nitrogens with one attached hydrogen (secondary N) is 1. The van der Waals surface area contributed by atoms with Crippen molar-refractivity contribution in [2.75, 3.05) is 0 Å². The van der Waals surface area contributed by atoms with Crippen molar-refractivity contribution < 1.29 is 0 Å². The van der Waals surface area contributed by atoms with Crippen LogP contribution in [0.5, 0.6) is 0 Å². The van der Waals surface area contributed by atoms with Crippen LogP contribution in [0, 0.1) is 5.41 Å². The Kier molecular flexibility index (Phi) is 1.98. The summed E-state index contributed by atoms with van der Waals surface area (Å²) in [7, 11) is 0. The maximum absolute atomic E-state index is 4.27. The van der Waals surface area contributed by atoms with Crippen molar-refractivity contribution in [1.29, 1.82) is 0 Å². The topological polar surface area (TPSA) is 54.5 Å². The van der Waals surface area contributed by atoms with Crippen molar-refractivity contribution in [2.24, 2.45) is 5.41 Å². The van der Waals surface area contributed by atoms with Gasteiger partial charge in [0.15, 0.2) is 5.65 Å². The van der Waals surface area contributed by atoms with E-state index < -0.39 is 0 Å². The second-order valence-corrected chi connectivity index (χ2v) is 4.66. The summed E-state index contributed by atoms with van der Waals surface area (Å²) in [6.45, 7) is 6.56. The van der Waals surface area contributed by atoms with Crippen molar-refractivity contribution in [3.8, 4) is 0 Å². The van der Waals surface area contributed by atoms with Gasteiger partial charge in [0.05, 0.1) is 12.0 Å². The third-order valence-electron chi connectivity index (χ3n) is 1.99. The van der Waals surface area contributed by atoms with Gasteiger partial charge in [-0.05, 0) is 11.8 Å². The Labute approximate surface area is 82.8 Å². The molecule has 0 aromatic carbocycles. The number of rotatable bonds is 1. The molecule has 0 radical (unpaired) electrons. The molecule has 0 unspecified atom stereocenters. The Balaban J connectivity index is 2.46. The number of aromatic nitrogens is 4. The van der Waals surface area contributed by atoms with Crippen LogP contribution < -0.4 is 0 Å². The monoisotopic (exact) mass is 190 g/mol. The molecular weight excluding hydrogens is 176 g/mol. The number of hydrogen-bond donors (Lipinski definition) is 1. The molecule has 0 aliphatic heterocycles. The lowest BCUT2D eigenvalue weighted by molar-refractivity contribution is 0.407. The largest absolute Gasteiger partial charge is 0.329 e. The fourth-order valence-corrected chi connectivity index (χ4v) is 1.45. The molecule has 74 valence electrons. The van der Waals surface area contributed by atoms with Crippen LogP contribution in [0.15, 0.2) is 12.7 Å². The van der Waals surface area contributed by atoms with Gasteiger partial charge in [-0.3, -0.25) is 0 Å². The highest BCUT2D eigenvalue weighted by Gasteiger charge is 2.15. The fourth-order valence-electron chi connectivity index (χ4n) is 1.45. The third kappa shape index (κ3) is 1.73. The minimum Gasteiger partial charge on any atom is -0.329 e. The third-order valence-corrected chi connectivity index (χ3v) is 1.99. The van der Waals surface area contributed by atoms with E-state index in [0.29, 0.717) is 0 Å². The number of fused-ring (bicyclic) bond motifs is 1. The molecule has 0 atom stereocenters. The van der Waals surface area contributed by atoms with E-state index in [0.717, 1.165) is 23.3 Å². The van der Waals surface area contributed by atoms with Crippen LogP contribution in [-0.4, -0.2) is 19.9 Å². The van der Waals surface area contributed by atoms with Crippen LogP contribution in [0.3, 0.4) is 0 Å². The molecule has 0 aliphatic carbocycles. The summed E-state index contributed by atoms with van der Waals surface area (Å²) in [4.78, 5) is 15.6. The van der Waals surface area contributed by atoms with Crippen molar-refractivity contribution >= 4 is 11.2 Å². The lowest BCUT2D eigenvalue weighted by atomic mass is 9.90. The van der Waals surface area contributed by atoms with E-state index in [1.54, 1.807) is 12.7 Å². The van der Waals surface area contributed by atoms with Crippen LogP contribution >= 0.6 is 0 Å². The van der Waals surface area contributed by atoms with Gasteiger partial charge in [-0.25, -0.2) is 15.0 Å². The molecule has 2 heterocycles. The second kappa shape index (κ2) is 3.04. The Bertz CT molecular complexity index is 439. The van der Waals surface area contributed by atoms with Crippen LogP contribution in [-0.2, 0) is 6.42 Å². The van der Waals surface area contributed by atoms with E-state index in [9.17, 15) is 0 Å².